The summed E-state index contributed by atoms with van der Waals surface area (Å²) in [5, 5.41) is 4.78. The van der Waals surface area contributed by atoms with Gasteiger partial charge in [-0.3, -0.25) is 4.90 Å². The van der Waals surface area contributed by atoms with Gasteiger partial charge in [-0.2, -0.15) is 0 Å². The minimum absolute atomic E-state index is 0.316. The summed E-state index contributed by atoms with van der Waals surface area (Å²) in [6, 6.07) is 6.13. The van der Waals surface area contributed by atoms with Gasteiger partial charge >= 0.3 is 0 Å². The van der Waals surface area contributed by atoms with E-state index in [4.69, 9.17) is 23.2 Å². The van der Waals surface area contributed by atoms with Gasteiger partial charge in [-0.25, -0.2) is 0 Å². The molecule has 1 aromatic carbocycles. The van der Waals surface area contributed by atoms with Crippen LogP contribution in [0, 0.1) is 0 Å². The molecule has 0 amide bonds. The number of nitrogens with zero attached hydrogens (tertiary/aromatic N) is 1. The Kier molecular flexibility index (Phi) is 5.28. The van der Waals surface area contributed by atoms with Gasteiger partial charge in [0, 0.05) is 42.3 Å². The lowest BCUT2D eigenvalue weighted by Crippen LogP contribution is -2.45. The molecule has 0 aromatic heterocycles. The van der Waals surface area contributed by atoms with Crippen LogP contribution in [-0.4, -0.2) is 31.1 Å². The van der Waals surface area contributed by atoms with Crippen LogP contribution in [0.3, 0.4) is 0 Å². The van der Waals surface area contributed by atoms with E-state index in [0.29, 0.717) is 16.1 Å². The van der Waals surface area contributed by atoms with Gasteiger partial charge in [0.05, 0.1) is 0 Å². The number of rotatable bonds is 4. The van der Waals surface area contributed by atoms with E-state index >= 15 is 0 Å². The van der Waals surface area contributed by atoms with Crippen LogP contribution in [0.1, 0.15) is 24.9 Å². The molecule has 104 valence electrons. The van der Waals surface area contributed by atoms with E-state index in [1.54, 1.807) is 6.07 Å². The van der Waals surface area contributed by atoms with Gasteiger partial charge in [-0.15, -0.1) is 6.58 Å². The van der Waals surface area contributed by atoms with Crippen molar-refractivity contribution in [3.8, 4) is 0 Å². The molecular weight excluding hydrogens is 279 g/mol. The van der Waals surface area contributed by atoms with Crippen molar-refractivity contribution >= 4 is 23.2 Å². The first-order valence-corrected chi connectivity index (χ1v) is 7.37. The highest BCUT2D eigenvalue weighted by atomic mass is 35.5. The molecule has 1 N–H and O–H groups in total. The predicted molar refractivity (Wildman–Crippen MR) is 83.1 cm³/mol. The number of nitrogens with one attached hydrogen (secondary N) is 1. The lowest BCUT2D eigenvalue weighted by atomic mass is 9.98. The van der Waals surface area contributed by atoms with E-state index in [1.165, 1.54) is 11.1 Å². The smallest absolute Gasteiger partial charge is 0.0424 e. The molecule has 1 fully saturated rings. The third kappa shape index (κ3) is 4.22. The molecule has 2 rings (SSSR count). The number of piperazine rings is 1. The Balaban J connectivity index is 2.27. The number of benzene rings is 1. The lowest BCUT2D eigenvalue weighted by molar-refractivity contribution is 0.172. The number of halogens is 2. The summed E-state index contributed by atoms with van der Waals surface area (Å²) >= 11 is 12.3. The second-order valence-corrected chi connectivity index (χ2v) is 6.04. The van der Waals surface area contributed by atoms with Crippen molar-refractivity contribution in [1.82, 2.24) is 10.2 Å². The van der Waals surface area contributed by atoms with Crippen molar-refractivity contribution in [2.45, 2.75) is 19.4 Å². The molecule has 4 heteroatoms. The highest BCUT2D eigenvalue weighted by Gasteiger charge is 2.22. The first kappa shape index (κ1) is 14.9. The number of hydrogen-bond donors (Lipinski definition) is 1. The Morgan fingerprint density at radius 2 is 1.84 bits per heavy atom. The van der Waals surface area contributed by atoms with Crippen molar-refractivity contribution in [2.24, 2.45) is 0 Å². The highest BCUT2D eigenvalue weighted by molar-refractivity contribution is 6.34. The van der Waals surface area contributed by atoms with Gasteiger partial charge < -0.3 is 5.32 Å². The van der Waals surface area contributed by atoms with Gasteiger partial charge in [0.15, 0.2) is 0 Å². The van der Waals surface area contributed by atoms with Crippen LogP contribution >= 0.6 is 23.2 Å². The Labute approximate surface area is 125 Å². The average molecular weight is 299 g/mol. The summed E-state index contributed by atoms with van der Waals surface area (Å²) in [4.78, 5) is 2.48. The molecule has 1 saturated heterocycles. The van der Waals surface area contributed by atoms with Crippen molar-refractivity contribution in [1.29, 1.82) is 0 Å². The van der Waals surface area contributed by atoms with Crippen molar-refractivity contribution < 1.29 is 0 Å². The van der Waals surface area contributed by atoms with Crippen LogP contribution in [0.5, 0.6) is 0 Å². The Morgan fingerprint density at radius 1 is 1.26 bits per heavy atom. The Morgan fingerprint density at radius 3 is 2.37 bits per heavy atom. The van der Waals surface area contributed by atoms with Gasteiger partial charge in [0.1, 0.15) is 0 Å². The molecule has 1 aromatic rings. The topological polar surface area (TPSA) is 15.3 Å². The lowest BCUT2D eigenvalue weighted by Gasteiger charge is -2.35. The second-order valence-electron chi connectivity index (χ2n) is 5.17. The zero-order valence-electron chi connectivity index (χ0n) is 11.3. The summed E-state index contributed by atoms with van der Waals surface area (Å²) in [6.07, 6.45) is 0.941. The molecule has 1 atom stereocenters. The van der Waals surface area contributed by atoms with Crippen LogP contribution in [0.2, 0.25) is 10.0 Å². The van der Waals surface area contributed by atoms with Gasteiger partial charge in [-0.05, 0) is 37.1 Å². The SMILES string of the molecule is C=C(C)C[C@@H](c1cc(Cl)cc(Cl)c1)N1CCNCC1. The standard InChI is InChI=1S/C15H20Cl2N2/c1-11(2)7-15(19-5-3-18-4-6-19)12-8-13(16)10-14(17)9-12/h8-10,15,18H,1,3-7H2,2H3/t15-/m0/s1. The minimum atomic E-state index is 0.316. The van der Waals surface area contributed by atoms with Crippen LogP contribution in [0.25, 0.3) is 0 Å². The average Bonchev–Trinajstić information content (AvgIpc) is 2.35. The summed E-state index contributed by atoms with van der Waals surface area (Å²) in [5.74, 6) is 0. The molecule has 0 radical (unpaired) electrons. The number of hydrogen-bond acceptors (Lipinski definition) is 2. The van der Waals surface area contributed by atoms with E-state index in [-0.39, 0.29) is 0 Å². The quantitative estimate of drug-likeness (QED) is 0.848. The maximum Gasteiger partial charge on any atom is 0.0424 e. The summed E-state index contributed by atoms with van der Waals surface area (Å²) in [7, 11) is 0. The summed E-state index contributed by atoms with van der Waals surface area (Å²) in [5.41, 5.74) is 2.36. The van der Waals surface area contributed by atoms with E-state index in [9.17, 15) is 0 Å². The molecule has 0 unspecified atom stereocenters. The fourth-order valence-electron chi connectivity index (χ4n) is 2.55. The third-order valence-electron chi connectivity index (χ3n) is 3.40. The molecule has 1 aliphatic heterocycles. The normalized spacial score (nSPS) is 18.3. The monoisotopic (exact) mass is 298 g/mol. The largest absolute Gasteiger partial charge is 0.314 e. The molecule has 1 heterocycles. The highest BCUT2D eigenvalue weighted by Crippen LogP contribution is 2.31. The van der Waals surface area contributed by atoms with Gasteiger partial charge in [-0.1, -0.05) is 28.8 Å². The van der Waals surface area contributed by atoms with Crippen LogP contribution in [0.4, 0.5) is 0 Å². The van der Waals surface area contributed by atoms with Gasteiger partial charge in [0.2, 0.25) is 0 Å². The van der Waals surface area contributed by atoms with E-state index < -0.39 is 0 Å². The molecule has 2 nitrogen and oxygen atoms in total. The Bertz CT molecular complexity index is 433. The maximum atomic E-state index is 6.13. The fourth-order valence-corrected chi connectivity index (χ4v) is 3.09. The van der Waals surface area contributed by atoms with Crippen molar-refractivity contribution in [3.05, 3.63) is 46.0 Å². The Hall–Kier alpha value is -0.540. The van der Waals surface area contributed by atoms with Crippen LogP contribution in [-0.2, 0) is 0 Å². The molecular formula is C15H20Cl2N2. The first-order valence-electron chi connectivity index (χ1n) is 6.61. The predicted octanol–water partition coefficient (Wildman–Crippen LogP) is 3.91. The molecule has 0 saturated carbocycles. The molecule has 1 aliphatic rings. The van der Waals surface area contributed by atoms with Gasteiger partial charge in [0.25, 0.3) is 0 Å². The first-order chi connectivity index (χ1) is 9.06. The summed E-state index contributed by atoms with van der Waals surface area (Å²) < 4.78 is 0. The third-order valence-corrected chi connectivity index (χ3v) is 3.84. The summed E-state index contributed by atoms with van der Waals surface area (Å²) in [6.45, 7) is 10.3. The zero-order valence-corrected chi connectivity index (χ0v) is 12.8. The molecule has 19 heavy (non-hydrogen) atoms. The maximum absolute atomic E-state index is 6.13. The van der Waals surface area contributed by atoms with E-state index in [1.807, 2.05) is 12.1 Å². The second kappa shape index (κ2) is 6.76. The fraction of sp³-hybridized carbons (Fsp3) is 0.467. The van der Waals surface area contributed by atoms with Crippen molar-refractivity contribution in [2.75, 3.05) is 26.2 Å². The minimum Gasteiger partial charge on any atom is -0.314 e. The van der Waals surface area contributed by atoms with Crippen LogP contribution in [0.15, 0.2) is 30.4 Å². The van der Waals surface area contributed by atoms with E-state index in [2.05, 4.69) is 23.7 Å². The van der Waals surface area contributed by atoms with Crippen molar-refractivity contribution in [3.63, 3.8) is 0 Å². The molecule has 0 aliphatic carbocycles. The molecule has 0 bridgehead atoms. The van der Waals surface area contributed by atoms with Crippen LogP contribution < -0.4 is 5.32 Å². The van der Waals surface area contributed by atoms with E-state index in [0.717, 1.165) is 32.6 Å². The zero-order chi connectivity index (χ0) is 13.8. The molecule has 0 spiro atoms.